The van der Waals surface area contributed by atoms with Gasteiger partial charge in [0.1, 0.15) is 28.7 Å². The Morgan fingerprint density at radius 3 is 2.60 bits per heavy atom. The van der Waals surface area contributed by atoms with Crippen molar-refractivity contribution >= 4 is 45.6 Å². The van der Waals surface area contributed by atoms with E-state index in [-0.39, 0.29) is 36.5 Å². The number of rotatable bonds is 7. The molecular weight excluding hydrogens is 587 g/mol. The highest BCUT2D eigenvalue weighted by Crippen LogP contribution is 2.45. The number of methoxy groups -OCH3 is 1. The van der Waals surface area contributed by atoms with Gasteiger partial charge in [-0.2, -0.15) is 9.97 Å². The zero-order valence-electron chi connectivity index (χ0n) is 25.9. The number of aromatic amines is 1. The van der Waals surface area contributed by atoms with Crippen LogP contribution in [0.5, 0.6) is 11.8 Å². The molecule has 238 valence electrons. The van der Waals surface area contributed by atoms with E-state index in [9.17, 15) is 9.59 Å². The lowest BCUT2D eigenvalue weighted by molar-refractivity contribution is 0.0156. The van der Waals surface area contributed by atoms with Crippen LogP contribution in [0.4, 0.5) is 25.5 Å². The number of halogens is 1. The molecule has 1 aromatic carbocycles. The van der Waals surface area contributed by atoms with E-state index in [0.717, 1.165) is 6.42 Å². The van der Waals surface area contributed by atoms with Gasteiger partial charge in [0.2, 0.25) is 0 Å². The van der Waals surface area contributed by atoms with Gasteiger partial charge < -0.3 is 34.1 Å². The fourth-order valence-corrected chi connectivity index (χ4v) is 6.02. The van der Waals surface area contributed by atoms with Crippen LogP contribution in [0.15, 0.2) is 24.5 Å². The second kappa shape index (κ2) is 11.6. The molecular formula is C30H35FN8O6. The van der Waals surface area contributed by atoms with Crippen molar-refractivity contribution in [2.75, 3.05) is 37.3 Å². The first-order valence-electron chi connectivity index (χ1n) is 14.5. The molecule has 45 heavy (non-hydrogen) atoms. The van der Waals surface area contributed by atoms with Crippen molar-refractivity contribution in [2.45, 2.75) is 58.2 Å². The average Bonchev–Trinajstić information content (AvgIpc) is 3.67. The number of aryl methyl sites for hydroxylation is 1. The smallest absolute Gasteiger partial charge is 0.416 e. The molecule has 1 saturated carbocycles. The number of benzene rings is 1. The second-order valence-electron chi connectivity index (χ2n) is 12.3. The number of carbonyl (C=O) groups is 2. The van der Waals surface area contributed by atoms with E-state index in [1.54, 1.807) is 6.92 Å². The zero-order valence-corrected chi connectivity index (χ0v) is 25.9. The zero-order chi connectivity index (χ0) is 32.0. The van der Waals surface area contributed by atoms with Gasteiger partial charge in [-0.1, -0.05) is 0 Å². The minimum absolute atomic E-state index is 0.0354. The van der Waals surface area contributed by atoms with E-state index in [4.69, 9.17) is 23.9 Å². The number of ether oxygens (including phenoxy) is 4. The maximum absolute atomic E-state index is 15.2. The molecule has 2 aliphatic rings. The van der Waals surface area contributed by atoms with Gasteiger partial charge in [-0.3, -0.25) is 4.90 Å². The molecule has 14 nitrogen and oxygen atoms in total. The van der Waals surface area contributed by atoms with Gasteiger partial charge in [0.25, 0.3) is 0 Å². The van der Waals surface area contributed by atoms with Crippen LogP contribution < -0.4 is 19.9 Å². The first-order chi connectivity index (χ1) is 21.4. The summed E-state index contributed by atoms with van der Waals surface area (Å²) in [6.07, 6.45) is 3.38. The number of H-pyrrole nitrogens is 1. The molecule has 1 aliphatic carbocycles. The molecule has 3 atom stereocenters. The molecule has 2 N–H and O–H groups in total. The molecule has 1 saturated heterocycles. The highest BCUT2D eigenvalue weighted by atomic mass is 19.1. The summed E-state index contributed by atoms with van der Waals surface area (Å²) in [6.45, 7) is 7.58. The number of carbonyl (C=O) groups excluding carboxylic acids is 2. The highest BCUT2D eigenvalue weighted by molar-refractivity contribution is 6.16. The third-order valence-corrected chi connectivity index (χ3v) is 7.88. The summed E-state index contributed by atoms with van der Waals surface area (Å²) in [5.41, 5.74) is 0.490. The van der Waals surface area contributed by atoms with Gasteiger partial charge in [-0.05, 0) is 58.6 Å². The fourth-order valence-electron chi connectivity index (χ4n) is 6.02. The molecule has 2 amide bonds. The number of alkyl carbamates (subject to hydrolysis) is 1. The Balaban J connectivity index is 1.40. The van der Waals surface area contributed by atoms with Crippen molar-refractivity contribution < 1.29 is 32.9 Å². The molecule has 1 aliphatic heterocycles. The average molecular weight is 623 g/mol. The first kappa shape index (κ1) is 30.2. The van der Waals surface area contributed by atoms with Crippen molar-refractivity contribution in [1.82, 2.24) is 30.2 Å². The number of fused-ring (bicyclic) bond motifs is 5. The quantitative estimate of drug-likeness (QED) is 0.273. The number of amides is 2. The maximum Gasteiger partial charge on any atom is 0.416 e. The molecule has 0 radical (unpaired) electrons. The van der Waals surface area contributed by atoms with Gasteiger partial charge in [-0.15, -0.1) is 0 Å². The van der Waals surface area contributed by atoms with Crippen LogP contribution >= 0.6 is 0 Å². The Bertz CT molecular complexity index is 1760. The lowest BCUT2D eigenvalue weighted by atomic mass is 10.0. The minimum atomic E-state index is -0.725. The van der Waals surface area contributed by atoms with Crippen molar-refractivity contribution in [3.63, 3.8) is 0 Å². The number of hydrogen-bond acceptors (Lipinski definition) is 11. The standard InChI is InChI=1S/C30H35FN8O6/c1-15-32-11-19(12-33-15)44-27-36-25-23(20-8-17(31)9-22(24(20)35-25)38(5)29(41)43-14-42-6)26(37-27)39-13-16-7-18(39)10-21(16)34-28(40)45-30(2,3)4/h8-9,11-12,16,18,21H,7,10,13-14H2,1-6H3,(H,34,40)(H,35,36,37)/t16-,18-,21-/m1/s1. The maximum atomic E-state index is 15.2. The Morgan fingerprint density at radius 2 is 1.93 bits per heavy atom. The predicted octanol–water partition coefficient (Wildman–Crippen LogP) is 4.81. The van der Waals surface area contributed by atoms with E-state index >= 15 is 4.39 Å². The van der Waals surface area contributed by atoms with Crippen LogP contribution in [0.2, 0.25) is 0 Å². The SMILES string of the molecule is COCOC(=O)N(C)c1cc(F)cc2c1[nH]c1nc(Oc3cnc(C)nc3)nc(N3C[C@H]4C[C@@H]3C[C@H]4NC(=O)OC(C)(C)C)c12. The van der Waals surface area contributed by atoms with Crippen molar-refractivity contribution in [2.24, 2.45) is 5.92 Å². The number of anilines is 2. The largest absolute Gasteiger partial charge is 0.444 e. The first-order valence-corrected chi connectivity index (χ1v) is 14.5. The van der Waals surface area contributed by atoms with E-state index in [1.165, 1.54) is 43.6 Å². The van der Waals surface area contributed by atoms with E-state index in [0.29, 0.717) is 52.3 Å². The number of hydrogen-bond donors (Lipinski definition) is 2. The van der Waals surface area contributed by atoms with Crippen molar-refractivity contribution in [3.8, 4) is 11.8 Å². The normalized spacial score (nSPS) is 19.3. The minimum Gasteiger partial charge on any atom is -0.444 e. The lowest BCUT2D eigenvalue weighted by Gasteiger charge is -2.33. The molecule has 6 rings (SSSR count). The summed E-state index contributed by atoms with van der Waals surface area (Å²) < 4.78 is 36.6. The van der Waals surface area contributed by atoms with Gasteiger partial charge in [0.05, 0.1) is 29.0 Å². The third-order valence-electron chi connectivity index (χ3n) is 7.88. The van der Waals surface area contributed by atoms with Crippen LogP contribution in [0.3, 0.4) is 0 Å². The molecule has 0 unspecified atom stereocenters. The van der Waals surface area contributed by atoms with Crippen LogP contribution in [-0.2, 0) is 14.2 Å². The Hall–Kier alpha value is -4.79. The van der Waals surface area contributed by atoms with Gasteiger partial charge in [0, 0.05) is 38.2 Å². The summed E-state index contributed by atoms with van der Waals surface area (Å²) >= 11 is 0. The predicted molar refractivity (Wildman–Crippen MR) is 162 cm³/mol. The van der Waals surface area contributed by atoms with Crippen LogP contribution in [-0.4, -0.2) is 82.3 Å². The molecule has 2 fully saturated rings. The van der Waals surface area contributed by atoms with Crippen molar-refractivity contribution in [3.05, 3.63) is 36.2 Å². The summed E-state index contributed by atoms with van der Waals surface area (Å²) in [5.74, 6) is 1.05. The molecule has 0 spiro atoms. The van der Waals surface area contributed by atoms with Crippen molar-refractivity contribution in [1.29, 1.82) is 0 Å². The highest BCUT2D eigenvalue weighted by Gasteiger charge is 2.47. The molecule has 3 aromatic heterocycles. The lowest BCUT2D eigenvalue weighted by Crippen LogP contribution is -2.47. The second-order valence-corrected chi connectivity index (χ2v) is 12.3. The molecule has 2 bridgehead atoms. The molecule has 4 heterocycles. The number of aromatic nitrogens is 5. The van der Waals surface area contributed by atoms with E-state index in [1.807, 2.05) is 20.8 Å². The van der Waals surface area contributed by atoms with Crippen LogP contribution in [0.25, 0.3) is 21.9 Å². The summed E-state index contributed by atoms with van der Waals surface area (Å²) in [4.78, 5) is 49.6. The van der Waals surface area contributed by atoms with Gasteiger partial charge in [0.15, 0.2) is 12.5 Å². The number of nitrogens with zero attached hydrogens (tertiary/aromatic N) is 6. The Labute approximate surface area is 258 Å². The van der Waals surface area contributed by atoms with Crippen LogP contribution in [0.1, 0.15) is 39.4 Å². The van der Waals surface area contributed by atoms with E-state index < -0.39 is 23.6 Å². The topological polar surface area (TPSA) is 157 Å². The van der Waals surface area contributed by atoms with Crippen LogP contribution in [0, 0.1) is 18.7 Å². The third kappa shape index (κ3) is 6.12. The van der Waals surface area contributed by atoms with Gasteiger partial charge in [-0.25, -0.2) is 23.9 Å². The summed E-state index contributed by atoms with van der Waals surface area (Å²) in [5, 5.41) is 4.08. The molecule has 4 aromatic rings. The Morgan fingerprint density at radius 1 is 1.18 bits per heavy atom. The Kier molecular flexibility index (Phi) is 7.81. The number of piperidine rings is 1. The molecule has 15 heteroatoms. The fraction of sp³-hybridized carbons (Fsp3) is 0.467. The number of nitrogens with one attached hydrogen (secondary N) is 2. The van der Waals surface area contributed by atoms with Gasteiger partial charge >= 0.3 is 18.2 Å². The monoisotopic (exact) mass is 622 g/mol. The summed E-state index contributed by atoms with van der Waals surface area (Å²) in [6, 6.07) is 2.64. The summed E-state index contributed by atoms with van der Waals surface area (Å²) in [7, 11) is 2.88. The van der Waals surface area contributed by atoms with E-state index in [2.05, 4.69) is 30.2 Å².